The number of fused-ring (bicyclic) bond motifs is 3. The average Bonchev–Trinajstić information content (AvgIpc) is 3.57. The average molecular weight is 849 g/mol. The molecule has 0 saturated heterocycles. The quantitative estimate of drug-likeness (QED) is 0.0539. The molecule has 61 heavy (non-hydrogen) atoms. The fourth-order valence-corrected chi connectivity index (χ4v) is 6.21. The maximum absolute atomic E-state index is 12.8. The lowest BCUT2D eigenvalue weighted by atomic mass is 9.98. The van der Waals surface area contributed by atoms with Crippen LogP contribution in [0.3, 0.4) is 0 Å². The summed E-state index contributed by atoms with van der Waals surface area (Å²) in [6.45, 7) is 5.46. The van der Waals surface area contributed by atoms with Gasteiger partial charge >= 0.3 is 6.09 Å². The smallest absolute Gasteiger partial charge is 0.407 e. The van der Waals surface area contributed by atoms with Crippen molar-refractivity contribution in [1.29, 1.82) is 0 Å². The minimum Gasteiger partial charge on any atom is -0.449 e. The predicted molar refractivity (Wildman–Crippen MR) is 223 cm³/mol. The summed E-state index contributed by atoms with van der Waals surface area (Å²) < 4.78 is 27.4. The zero-order valence-electron chi connectivity index (χ0n) is 34.4. The number of aliphatic hydroxyl groups excluding tert-OH is 1. The van der Waals surface area contributed by atoms with Crippen LogP contribution < -0.4 is 32.3 Å². The zero-order valence-corrected chi connectivity index (χ0v) is 34.4. The second-order valence-corrected chi connectivity index (χ2v) is 14.0. The molecule has 3 atom stereocenters. The van der Waals surface area contributed by atoms with Crippen molar-refractivity contribution < 1.29 is 57.6 Å². The van der Waals surface area contributed by atoms with Crippen LogP contribution in [0.5, 0.6) is 0 Å². The van der Waals surface area contributed by atoms with E-state index in [1.807, 2.05) is 24.3 Å². The van der Waals surface area contributed by atoms with Gasteiger partial charge in [-0.05, 0) is 53.8 Å². The molecular weight excluding hydrogens is 793 g/mol. The van der Waals surface area contributed by atoms with Crippen LogP contribution in [0.2, 0.25) is 0 Å². The van der Waals surface area contributed by atoms with Gasteiger partial charge in [0.2, 0.25) is 29.5 Å². The minimum atomic E-state index is -1.32. The molecule has 4 rings (SSSR count). The molecule has 3 aromatic carbocycles. The molecule has 0 fully saturated rings. The van der Waals surface area contributed by atoms with E-state index in [2.05, 4.69) is 50.8 Å². The van der Waals surface area contributed by atoms with Crippen LogP contribution in [0.4, 0.5) is 10.5 Å². The molecule has 1 aliphatic rings. The molecular formula is C43H56N6O12. The number of nitrogens with two attached hydrogens (primary N) is 1. The topological polar surface area (TPSA) is 255 Å². The second-order valence-electron chi connectivity index (χ2n) is 14.0. The van der Waals surface area contributed by atoms with Gasteiger partial charge in [-0.2, -0.15) is 0 Å². The minimum absolute atomic E-state index is 0.00377. The number of benzene rings is 3. The van der Waals surface area contributed by atoms with Crippen molar-refractivity contribution in [1.82, 2.24) is 21.3 Å². The Labute approximate surface area is 354 Å². The van der Waals surface area contributed by atoms with Crippen molar-refractivity contribution in [2.45, 2.75) is 57.3 Å². The third-order valence-corrected chi connectivity index (χ3v) is 9.41. The van der Waals surface area contributed by atoms with E-state index >= 15 is 0 Å². The summed E-state index contributed by atoms with van der Waals surface area (Å²) in [5.41, 5.74) is 10.9. The van der Waals surface area contributed by atoms with Crippen molar-refractivity contribution in [2.75, 3.05) is 71.3 Å². The molecule has 330 valence electrons. The van der Waals surface area contributed by atoms with Gasteiger partial charge in [-0.25, -0.2) is 4.79 Å². The largest absolute Gasteiger partial charge is 0.449 e. The van der Waals surface area contributed by atoms with E-state index in [9.17, 15) is 33.9 Å². The van der Waals surface area contributed by atoms with Crippen LogP contribution in [0.1, 0.15) is 49.3 Å². The number of carbonyl (C=O) groups is 6. The van der Waals surface area contributed by atoms with E-state index in [4.69, 9.17) is 29.4 Å². The van der Waals surface area contributed by atoms with E-state index < -0.39 is 60.2 Å². The second kappa shape index (κ2) is 25.6. The highest BCUT2D eigenvalue weighted by Gasteiger charge is 2.30. The number of primary amides is 1. The van der Waals surface area contributed by atoms with Crippen LogP contribution in [0, 0.1) is 0 Å². The summed E-state index contributed by atoms with van der Waals surface area (Å²) in [4.78, 5) is 74.4. The predicted octanol–water partition coefficient (Wildman–Crippen LogP) is 1.48. The molecule has 6 amide bonds. The van der Waals surface area contributed by atoms with Crippen LogP contribution in [-0.4, -0.2) is 125 Å². The number of aliphatic hydroxyl groups is 1. The Morgan fingerprint density at radius 1 is 0.656 bits per heavy atom. The first-order valence-electron chi connectivity index (χ1n) is 20.1. The fraction of sp³-hybridized carbons (Fsp3) is 0.442. The van der Waals surface area contributed by atoms with Gasteiger partial charge in [-0.15, -0.1) is 0 Å². The molecule has 0 aliphatic heterocycles. The number of carbonyl (C=O) groups excluding carboxylic acids is 6. The van der Waals surface area contributed by atoms with Crippen LogP contribution in [0.25, 0.3) is 11.1 Å². The number of rotatable bonds is 27. The Bertz CT molecular complexity index is 1870. The lowest BCUT2D eigenvalue weighted by Gasteiger charge is -2.22. The van der Waals surface area contributed by atoms with Gasteiger partial charge in [-0.3, -0.25) is 24.0 Å². The number of ether oxygens (including phenoxy) is 5. The monoisotopic (exact) mass is 848 g/mol. The summed E-state index contributed by atoms with van der Waals surface area (Å²) >= 11 is 0. The van der Waals surface area contributed by atoms with Gasteiger partial charge in [0.25, 0.3) is 0 Å². The zero-order chi connectivity index (χ0) is 44.0. The first kappa shape index (κ1) is 47.8. The lowest BCUT2D eigenvalue weighted by Crippen LogP contribution is -2.55. The van der Waals surface area contributed by atoms with Crippen molar-refractivity contribution in [3.63, 3.8) is 0 Å². The van der Waals surface area contributed by atoms with Crippen LogP contribution in [0.15, 0.2) is 72.8 Å². The van der Waals surface area contributed by atoms with Gasteiger partial charge in [-0.1, -0.05) is 60.7 Å². The Kier molecular flexibility index (Phi) is 20.1. The number of hydrogen-bond donors (Lipinski definition) is 7. The summed E-state index contributed by atoms with van der Waals surface area (Å²) in [7, 11) is 0. The van der Waals surface area contributed by atoms with E-state index in [0.717, 1.165) is 11.1 Å². The van der Waals surface area contributed by atoms with Crippen molar-refractivity contribution >= 4 is 41.3 Å². The van der Waals surface area contributed by atoms with Gasteiger partial charge in [0.1, 0.15) is 24.7 Å². The van der Waals surface area contributed by atoms with Gasteiger partial charge in [0, 0.05) is 24.6 Å². The van der Waals surface area contributed by atoms with E-state index in [-0.39, 0.29) is 45.4 Å². The van der Waals surface area contributed by atoms with E-state index in [1.165, 1.54) is 25.0 Å². The summed E-state index contributed by atoms with van der Waals surface area (Å²) in [5.74, 6) is -3.40. The molecule has 1 unspecified atom stereocenters. The third kappa shape index (κ3) is 16.2. The normalized spacial score (nSPS) is 13.2. The summed E-state index contributed by atoms with van der Waals surface area (Å²) in [6.07, 6.45) is -1.01. The number of nitrogens with one attached hydrogen (secondary N) is 5. The molecule has 0 aromatic heterocycles. The van der Waals surface area contributed by atoms with Crippen molar-refractivity contribution in [2.24, 2.45) is 5.73 Å². The highest BCUT2D eigenvalue weighted by Crippen LogP contribution is 2.44. The van der Waals surface area contributed by atoms with Crippen LogP contribution >= 0.6 is 0 Å². The van der Waals surface area contributed by atoms with Gasteiger partial charge < -0.3 is 61.1 Å². The number of amides is 6. The van der Waals surface area contributed by atoms with Crippen LogP contribution in [-0.2, 0) is 54.3 Å². The molecule has 8 N–H and O–H groups in total. The van der Waals surface area contributed by atoms with Crippen molar-refractivity contribution in [3.05, 3.63) is 89.5 Å². The lowest BCUT2D eigenvalue weighted by molar-refractivity contribution is -0.133. The Hall–Kier alpha value is -5.92. The first-order valence-corrected chi connectivity index (χ1v) is 20.1. The third-order valence-electron chi connectivity index (χ3n) is 9.41. The number of hydrogen-bond acceptors (Lipinski definition) is 12. The fourth-order valence-electron chi connectivity index (χ4n) is 6.21. The standard InChI is InChI=1S/C43H56N6O12/c1-28(40(53)47-29(2)41(54)49-37(25-38(44)51)42(55)48-31-13-11-30(26-50)12-14-31)46-39(52)15-17-57-19-21-59-23-24-60-22-20-58-18-16-45-43(56)61-27-36-34-9-5-3-7-32(34)33-8-4-6-10-35(33)36/h3-14,28-29,36-37,50H,15-27H2,1-2H3,(H2,44,51)(H,45,56)(H,46,52)(H,47,53)(H,48,55)(H,49,54)/t28-,29-,37?/m0/s1. The summed E-state index contributed by atoms with van der Waals surface area (Å²) in [6, 6.07) is 19.2. The number of anilines is 1. The first-order chi connectivity index (χ1) is 29.5. The molecule has 0 radical (unpaired) electrons. The van der Waals surface area contributed by atoms with E-state index in [1.54, 1.807) is 24.3 Å². The molecule has 0 bridgehead atoms. The molecule has 18 nitrogen and oxygen atoms in total. The maximum Gasteiger partial charge on any atom is 0.407 e. The molecule has 3 aromatic rings. The molecule has 0 saturated carbocycles. The van der Waals surface area contributed by atoms with E-state index in [0.29, 0.717) is 50.8 Å². The van der Waals surface area contributed by atoms with Gasteiger partial charge in [0.15, 0.2) is 0 Å². The number of alkyl carbamates (subject to hydrolysis) is 1. The highest BCUT2D eigenvalue weighted by atomic mass is 16.6. The van der Waals surface area contributed by atoms with Gasteiger partial charge in [0.05, 0.1) is 65.9 Å². The van der Waals surface area contributed by atoms with Crippen molar-refractivity contribution in [3.8, 4) is 11.1 Å². The Balaban J connectivity index is 0.955. The molecule has 1 aliphatic carbocycles. The Morgan fingerprint density at radius 2 is 1.18 bits per heavy atom. The molecule has 18 heteroatoms. The highest BCUT2D eigenvalue weighted by molar-refractivity contribution is 6.00. The SMILES string of the molecule is C[C@H](NC(=O)CCOCCOCCOCCOCCNC(=O)OCC1c2ccccc2-c2ccccc21)C(=O)N[C@@H](C)C(=O)NC(CC(N)=O)C(=O)Nc1ccc(CO)cc1. The maximum atomic E-state index is 12.8. The molecule has 0 spiro atoms. The summed E-state index contributed by atoms with van der Waals surface area (Å²) in [5, 5.41) is 21.9. The Morgan fingerprint density at radius 3 is 1.75 bits per heavy atom. The molecule has 0 heterocycles.